The third-order valence-corrected chi connectivity index (χ3v) is 32.7. The van der Waals surface area contributed by atoms with Gasteiger partial charge in [-0.3, -0.25) is 4.79 Å². The Hall–Kier alpha value is -11.6. The van der Waals surface area contributed by atoms with E-state index in [2.05, 4.69) is 85.8 Å². The molecule has 0 unspecified atom stereocenters. The molecule has 16 bridgehead atoms. The van der Waals surface area contributed by atoms with Gasteiger partial charge < -0.3 is 51.7 Å². The molecule has 123 heavy (non-hydrogen) atoms. The van der Waals surface area contributed by atoms with Crippen molar-refractivity contribution in [1.82, 2.24) is 0 Å². The average Bonchev–Trinajstić information content (AvgIpc) is 0.737. The molecule has 0 saturated heterocycles. The number of carbonyl (C=O) groups is 4. The second kappa shape index (κ2) is 29.8. The van der Waals surface area contributed by atoms with Crippen LogP contribution in [0.5, 0.6) is 34.5 Å². The van der Waals surface area contributed by atoms with Gasteiger partial charge in [-0.15, -0.1) is 0 Å². The van der Waals surface area contributed by atoms with Gasteiger partial charge in [-0.1, -0.05) is 84.9 Å². The highest BCUT2D eigenvalue weighted by atomic mass is 16.4. The molecule has 28 rings (SSSR count). The lowest BCUT2D eigenvalue weighted by atomic mass is 9.47. The number of carboxylic acids is 3. The zero-order valence-electron chi connectivity index (χ0n) is 69.7. The average molecular weight is 1640 g/mol. The third kappa shape index (κ3) is 14.3. The first-order valence-corrected chi connectivity index (χ1v) is 45.2. The molecule has 0 heterocycles. The number of hydrogen-bond donors (Lipinski definition) is 10. The molecule has 0 aliphatic heterocycles. The van der Waals surface area contributed by atoms with Crippen LogP contribution in [0.4, 0.5) is 0 Å². The van der Waals surface area contributed by atoms with Gasteiger partial charge in [0.1, 0.15) is 34.5 Å². The second-order valence-electron chi connectivity index (χ2n) is 40.9. The van der Waals surface area contributed by atoms with Crippen LogP contribution >= 0.6 is 0 Å². The van der Waals surface area contributed by atoms with Crippen molar-refractivity contribution in [2.45, 2.75) is 183 Å². The summed E-state index contributed by atoms with van der Waals surface area (Å²) in [6.07, 6.45) is 32.5. The molecule has 11 N–H and O–H groups in total. The highest BCUT2D eigenvalue weighted by Gasteiger charge is 2.56. The van der Waals surface area contributed by atoms with E-state index in [0.29, 0.717) is 55.0 Å². The lowest BCUT2D eigenvalue weighted by Crippen LogP contribution is -2.48. The molecule has 1 amide bonds. The monoisotopic (exact) mass is 1640 g/mol. The Kier molecular flexibility index (Phi) is 19.1. The third-order valence-electron chi connectivity index (χ3n) is 32.7. The van der Waals surface area contributed by atoms with Gasteiger partial charge in [0.2, 0.25) is 5.91 Å². The summed E-state index contributed by atoms with van der Waals surface area (Å²) >= 11 is 0. The van der Waals surface area contributed by atoms with Gasteiger partial charge in [0, 0.05) is 38.4 Å². The van der Waals surface area contributed by atoms with Gasteiger partial charge in [-0.25, -0.2) is 14.4 Å². The Labute approximate surface area is 716 Å². The number of nitrogens with two attached hydrogens (primary N) is 1. The molecule has 16 fully saturated rings. The molecule has 16 saturated carbocycles. The number of aryl methyl sites for hydroxylation is 1. The Balaban J connectivity index is 0.000000101. The highest BCUT2D eigenvalue weighted by molar-refractivity contribution is 6.04. The summed E-state index contributed by atoms with van der Waals surface area (Å²) in [5.41, 5.74) is 21.7. The van der Waals surface area contributed by atoms with Crippen molar-refractivity contribution in [3.63, 3.8) is 0 Å². The van der Waals surface area contributed by atoms with Crippen LogP contribution in [0.2, 0.25) is 0 Å². The minimum atomic E-state index is -1.17. The molecule has 16 aliphatic carbocycles. The van der Waals surface area contributed by atoms with E-state index in [1.807, 2.05) is 66.7 Å². The number of amides is 1. The van der Waals surface area contributed by atoms with Gasteiger partial charge in [-0.2, -0.15) is 0 Å². The molecule has 12 aromatic carbocycles. The molecular weight excluding hydrogens is 1530 g/mol. The molecule has 626 valence electrons. The van der Waals surface area contributed by atoms with E-state index in [0.717, 1.165) is 115 Å². The zero-order chi connectivity index (χ0) is 84.4. The molecule has 12 aromatic rings. The first kappa shape index (κ1) is 78.6. The summed E-state index contributed by atoms with van der Waals surface area (Å²) in [5.74, 6) is 7.24. The van der Waals surface area contributed by atoms with Crippen LogP contribution in [0.15, 0.2) is 200 Å². The largest absolute Gasteiger partial charge is 0.507 e. The maximum Gasteiger partial charge on any atom is 0.335 e. The van der Waals surface area contributed by atoms with Gasteiger partial charge >= 0.3 is 17.9 Å². The van der Waals surface area contributed by atoms with Crippen LogP contribution < -0.4 is 5.73 Å². The number of rotatable bonds is 12. The molecular formula is C109H107NO13. The number of primary amides is 1. The normalized spacial score (nSPS) is 29.0. The van der Waals surface area contributed by atoms with E-state index < -0.39 is 17.9 Å². The number of phenolic OH excluding ortho intramolecular Hbond substituents is 6. The number of phenols is 6. The summed E-state index contributed by atoms with van der Waals surface area (Å²) in [6, 6.07) is 62.9. The Morgan fingerprint density at radius 2 is 0.561 bits per heavy atom. The fourth-order valence-corrected chi connectivity index (χ4v) is 29.0. The lowest BCUT2D eigenvalue weighted by Gasteiger charge is -2.57. The van der Waals surface area contributed by atoms with Crippen molar-refractivity contribution >= 4 is 66.9 Å². The van der Waals surface area contributed by atoms with Crippen LogP contribution in [-0.2, 0) is 21.7 Å². The van der Waals surface area contributed by atoms with Gasteiger partial charge in [0.05, 0.1) is 16.7 Å². The van der Waals surface area contributed by atoms with E-state index in [1.165, 1.54) is 212 Å². The van der Waals surface area contributed by atoms with Crippen molar-refractivity contribution in [2.75, 3.05) is 0 Å². The molecule has 0 spiro atoms. The maximum atomic E-state index is 11.5. The predicted molar refractivity (Wildman–Crippen MR) is 481 cm³/mol. The van der Waals surface area contributed by atoms with Crippen molar-refractivity contribution in [3.8, 4) is 79.0 Å². The number of aromatic carboxylic acids is 3. The number of hydrogen-bond acceptors (Lipinski definition) is 10. The lowest BCUT2D eigenvalue weighted by molar-refractivity contribution is -0.00552. The molecule has 16 aliphatic rings. The van der Waals surface area contributed by atoms with E-state index in [-0.39, 0.29) is 62.0 Å². The maximum absolute atomic E-state index is 11.5. The Bertz CT molecular complexity index is 6240. The van der Waals surface area contributed by atoms with Gasteiger partial charge in [0.15, 0.2) is 0 Å². The number of fused-ring (bicyclic) bond motifs is 4. The van der Waals surface area contributed by atoms with Crippen LogP contribution in [0.1, 0.15) is 223 Å². The number of carboxylic acid groups (broad SMARTS) is 3. The molecule has 14 nitrogen and oxygen atoms in total. The van der Waals surface area contributed by atoms with Gasteiger partial charge in [0.25, 0.3) is 0 Å². The van der Waals surface area contributed by atoms with Crippen LogP contribution in [0.3, 0.4) is 0 Å². The van der Waals surface area contributed by atoms with E-state index in [1.54, 1.807) is 35.9 Å². The fourth-order valence-electron chi connectivity index (χ4n) is 29.0. The quantitative estimate of drug-likeness (QED) is 0.0546. The van der Waals surface area contributed by atoms with Gasteiger partial charge in [-0.05, 0) is 452 Å². The number of carbonyl (C=O) groups excluding carboxylic acids is 1. The van der Waals surface area contributed by atoms with Crippen LogP contribution in [-0.4, -0.2) is 69.8 Å². The number of benzene rings is 12. The summed E-state index contributed by atoms with van der Waals surface area (Å²) in [4.78, 5) is 45.3. The number of aromatic hydroxyl groups is 6. The van der Waals surface area contributed by atoms with E-state index in [9.17, 15) is 65.1 Å². The van der Waals surface area contributed by atoms with Crippen molar-refractivity contribution in [2.24, 2.45) is 76.7 Å². The zero-order valence-corrected chi connectivity index (χ0v) is 69.7. The van der Waals surface area contributed by atoms with Crippen molar-refractivity contribution in [3.05, 3.63) is 250 Å². The first-order valence-electron chi connectivity index (χ1n) is 45.2. The smallest absolute Gasteiger partial charge is 0.335 e. The second-order valence-corrected chi connectivity index (χ2v) is 40.9. The summed E-state index contributed by atoms with van der Waals surface area (Å²) in [6.45, 7) is 2.31. The molecule has 0 aromatic heterocycles. The Morgan fingerprint density at radius 1 is 0.260 bits per heavy atom. The first-order chi connectivity index (χ1) is 59.2. The highest BCUT2D eigenvalue weighted by Crippen LogP contribution is 2.66. The van der Waals surface area contributed by atoms with Crippen molar-refractivity contribution < 1.29 is 65.1 Å². The van der Waals surface area contributed by atoms with E-state index in [4.69, 9.17) is 5.73 Å². The van der Waals surface area contributed by atoms with E-state index >= 15 is 0 Å². The topological polar surface area (TPSA) is 276 Å². The summed E-state index contributed by atoms with van der Waals surface area (Å²) in [7, 11) is 0. The van der Waals surface area contributed by atoms with Crippen molar-refractivity contribution in [1.29, 1.82) is 0 Å². The SMILES string of the molecule is Cc1ccc(-c2ccc3cc(C(N)=O)ccc3c2)cc1C12CC3CC(CC(C3)C1)C2.O=C(O)c1cc(O)c2cc(-c3cc(C45CC6CC(CC(C6)C4)C5)ccc3O)cc(O)c2c1.O=C(O)c1cc(O)c2cc(-c3cc(C45CC6CC(CC(C6)C4)C5)ccc3O)ccc2c1.O=C(O)c1ccc2cc(-c3cc(C45CC6CC(CC(C6)C4)C5)ccc3O)ccc2c1. The molecule has 0 atom stereocenters. The standard InChI is InChI=1S/C28H29NO.C27H26O5.C27H26O4.C27H26O3/c1-17-2-3-24(22-4-5-23-12-25(27(29)30)7-6-21(23)11-22)13-26(17)28-14-18-8-19(15-28)10-20(9-18)16-28;28-23-2-1-19(27-11-14-3-15(12-27)5-16(4-14)13-27)10-20(23)17-6-21-22(24(29)8-17)7-18(26(31)32)9-25(21)30;28-24-4-3-21(27-12-15-5-16(13-27)7-17(6-15)14-27)11-23(24)19-2-1-18-8-20(26(30)31)10-25(29)22(18)9-19;28-25-6-5-23(27-13-16-7-17(14-27)9-18(8-16)15-27)12-24(25)21-3-1-20-11-22(26(29)30)4-2-19(20)10-21/h2-7,11-13,18-20H,8-10,14-16H2,1H3,(H2,29,30);1-2,6-10,14-16,28-30H,3-5,11-13H2,(H,31,32);1-4,8-11,15-17,28-29H,5-7,12-14H2,(H,30,31);1-6,10-12,16-18,28H,7-9,13-15H2,(H,29,30). The summed E-state index contributed by atoms with van der Waals surface area (Å²) in [5, 5.41) is 97.3. The fraction of sp³-hybridized carbons (Fsp3) is 0.376. The van der Waals surface area contributed by atoms with Crippen LogP contribution in [0, 0.1) is 77.9 Å². The van der Waals surface area contributed by atoms with Crippen LogP contribution in [0.25, 0.3) is 87.6 Å². The molecule has 0 radical (unpaired) electrons. The predicted octanol–water partition coefficient (Wildman–Crippen LogP) is 24.6. The Morgan fingerprint density at radius 3 is 0.992 bits per heavy atom. The molecule has 14 heteroatoms. The summed E-state index contributed by atoms with van der Waals surface area (Å²) < 4.78 is 0. The minimum Gasteiger partial charge on any atom is -0.507 e. The minimum absolute atomic E-state index is 0.0596.